The van der Waals surface area contributed by atoms with Crippen LogP contribution in [0.5, 0.6) is 0 Å². The van der Waals surface area contributed by atoms with E-state index in [9.17, 15) is 4.79 Å². The summed E-state index contributed by atoms with van der Waals surface area (Å²) < 4.78 is 6.46. The Labute approximate surface area is 184 Å². The van der Waals surface area contributed by atoms with E-state index in [1.54, 1.807) is 0 Å². The molecule has 3 atom stereocenters. The molecular formula is C22H27BrN4O3. The van der Waals surface area contributed by atoms with E-state index < -0.39 is 5.72 Å². The molecule has 0 aliphatic carbocycles. The molecule has 0 spiro atoms. The monoisotopic (exact) mass is 474 g/mol. The molecule has 7 nitrogen and oxygen atoms in total. The molecule has 0 saturated carbocycles. The average Bonchev–Trinajstić information content (AvgIpc) is 3.42. The fourth-order valence-electron chi connectivity index (χ4n) is 4.21. The smallest absolute Gasteiger partial charge is 0.234 e. The second-order valence-corrected chi connectivity index (χ2v) is 9.39. The van der Waals surface area contributed by atoms with Gasteiger partial charge in [-0.05, 0) is 44.7 Å². The molecule has 4 rings (SSSR count). The minimum Gasteiger partial charge on any atom is -0.360 e. The normalized spacial score (nSPS) is 24.8. The highest BCUT2D eigenvalue weighted by atomic mass is 79.9. The summed E-state index contributed by atoms with van der Waals surface area (Å²) in [5.74, 6) is 1.09. The number of aryl methyl sites for hydroxylation is 1. The summed E-state index contributed by atoms with van der Waals surface area (Å²) in [6.07, 6.45) is 1.77. The number of hydrogen-bond acceptors (Lipinski definition) is 6. The fourth-order valence-corrected chi connectivity index (χ4v) is 4.48. The Morgan fingerprint density at radius 1 is 1.33 bits per heavy atom. The van der Waals surface area contributed by atoms with Crippen molar-refractivity contribution in [2.24, 2.45) is 10.9 Å². The molecule has 3 heterocycles. The van der Waals surface area contributed by atoms with Crippen LogP contribution in [0.15, 0.2) is 44.3 Å². The number of nitrogens with zero attached hydrogens (tertiary/aromatic N) is 3. The largest absolute Gasteiger partial charge is 0.360 e. The zero-order valence-corrected chi connectivity index (χ0v) is 19.3. The molecule has 8 heteroatoms. The number of amidine groups is 1. The molecule has 1 aromatic heterocycles. The molecule has 2 aromatic rings. The molecule has 1 aromatic carbocycles. The fraction of sp³-hybridized carbons (Fsp3) is 0.500. The van der Waals surface area contributed by atoms with Crippen LogP contribution in [0.2, 0.25) is 0 Å². The van der Waals surface area contributed by atoms with Crippen molar-refractivity contribution in [3.63, 3.8) is 0 Å². The summed E-state index contributed by atoms with van der Waals surface area (Å²) in [4.78, 5) is 26.2. The van der Waals surface area contributed by atoms with Crippen molar-refractivity contribution in [1.29, 1.82) is 0 Å². The molecule has 0 bridgehead atoms. The predicted molar refractivity (Wildman–Crippen MR) is 117 cm³/mol. The third-order valence-electron chi connectivity index (χ3n) is 5.80. The van der Waals surface area contributed by atoms with Crippen LogP contribution in [0.3, 0.4) is 0 Å². The van der Waals surface area contributed by atoms with E-state index in [0.29, 0.717) is 18.1 Å². The quantitative estimate of drug-likeness (QED) is 0.699. The van der Waals surface area contributed by atoms with Gasteiger partial charge in [-0.15, -0.1) is 0 Å². The highest BCUT2D eigenvalue weighted by Gasteiger charge is 2.43. The SMILES string of the molecule is Cc1cc(C(C(=O)N2CCCC2C2=NC(C)(c3ccc(Br)cc3)ON2)C(C)C)on1. The van der Waals surface area contributed by atoms with Crippen molar-refractivity contribution in [3.8, 4) is 0 Å². The van der Waals surface area contributed by atoms with Gasteiger partial charge in [-0.2, -0.15) is 0 Å². The van der Waals surface area contributed by atoms with Crippen molar-refractivity contribution >= 4 is 27.7 Å². The molecule has 1 N–H and O–H groups in total. The number of aliphatic imine (C=N–C) groups is 1. The van der Waals surface area contributed by atoms with Crippen LogP contribution < -0.4 is 5.48 Å². The van der Waals surface area contributed by atoms with E-state index in [1.807, 2.05) is 62.9 Å². The van der Waals surface area contributed by atoms with Crippen LogP contribution in [-0.4, -0.2) is 34.4 Å². The van der Waals surface area contributed by atoms with Gasteiger partial charge in [0.1, 0.15) is 17.5 Å². The number of hydroxylamine groups is 1. The van der Waals surface area contributed by atoms with Gasteiger partial charge in [-0.25, -0.2) is 15.3 Å². The van der Waals surface area contributed by atoms with E-state index in [-0.39, 0.29) is 23.8 Å². The summed E-state index contributed by atoms with van der Waals surface area (Å²) in [6, 6.07) is 9.62. The first-order valence-corrected chi connectivity index (χ1v) is 11.1. The highest BCUT2D eigenvalue weighted by molar-refractivity contribution is 9.10. The lowest BCUT2D eigenvalue weighted by Gasteiger charge is -2.29. The minimum atomic E-state index is -0.827. The standard InChI is InChI=1S/C22H27BrN4O3/c1-13(2)19(18-12-14(3)25-29-18)21(28)27-11-5-6-17(27)20-24-22(4,30-26-20)15-7-9-16(23)10-8-15/h7-10,12-13,17,19H,5-6,11H2,1-4H3,(H,24,26). The van der Waals surface area contributed by atoms with Crippen molar-refractivity contribution in [2.75, 3.05) is 6.54 Å². The van der Waals surface area contributed by atoms with E-state index in [1.165, 1.54) is 0 Å². The topological polar surface area (TPSA) is 80.0 Å². The number of halogens is 1. The van der Waals surface area contributed by atoms with Crippen molar-refractivity contribution in [1.82, 2.24) is 15.5 Å². The number of amides is 1. The molecule has 0 radical (unpaired) electrons. The average molecular weight is 475 g/mol. The maximum Gasteiger partial charge on any atom is 0.234 e. The minimum absolute atomic E-state index is 0.0467. The van der Waals surface area contributed by atoms with Crippen LogP contribution in [0.1, 0.15) is 56.5 Å². The second-order valence-electron chi connectivity index (χ2n) is 8.47. The van der Waals surface area contributed by atoms with Crippen LogP contribution in [0, 0.1) is 12.8 Å². The number of hydrogen-bond donors (Lipinski definition) is 1. The van der Waals surface area contributed by atoms with Crippen LogP contribution >= 0.6 is 15.9 Å². The van der Waals surface area contributed by atoms with Crippen LogP contribution in [0.4, 0.5) is 0 Å². The lowest BCUT2D eigenvalue weighted by atomic mass is 9.91. The Bertz CT molecular complexity index is 956. The first kappa shape index (κ1) is 21.1. The maximum atomic E-state index is 13.5. The number of likely N-dealkylation sites (tertiary alicyclic amines) is 1. The van der Waals surface area contributed by atoms with Gasteiger partial charge in [0.15, 0.2) is 0 Å². The first-order valence-electron chi connectivity index (χ1n) is 10.3. The first-order chi connectivity index (χ1) is 14.3. The number of carbonyl (C=O) groups is 1. The molecule has 1 fully saturated rings. The molecule has 30 heavy (non-hydrogen) atoms. The van der Waals surface area contributed by atoms with Crippen molar-refractivity contribution in [2.45, 2.75) is 58.2 Å². The summed E-state index contributed by atoms with van der Waals surface area (Å²) in [5.41, 5.74) is 3.91. The lowest BCUT2D eigenvalue weighted by Crippen LogP contribution is -2.46. The van der Waals surface area contributed by atoms with Crippen molar-refractivity contribution < 1.29 is 14.2 Å². The Kier molecular flexibility index (Phi) is 5.72. The molecule has 3 unspecified atom stereocenters. The third-order valence-corrected chi connectivity index (χ3v) is 6.33. The van der Waals surface area contributed by atoms with Gasteiger partial charge in [0, 0.05) is 22.6 Å². The van der Waals surface area contributed by atoms with Crippen molar-refractivity contribution in [3.05, 3.63) is 51.8 Å². The van der Waals surface area contributed by atoms with E-state index >= 15 is 0 Å². The van der Waals surface area contributed by atoms with Gasteiger partial charge in [0.2, 0.25) is 11.6 Å². The Morgan fingerprint density at radius 2 is 2.07 bits per heavy atom. The van der Waals surface area contributed by atoms with Gasteiger partial charge in [0.25, 0.3) is 0 Å². The maximum absolute atomic E-state index is 13.5. The molecule has 2 aliphatic heterocycles. The van der Waals surface area contributed by atoms with Gasteiger partial charge in [-0.1, -0.05) is 47.1 Å². The molecular weight excluding hydrogens is 448 g/mol. The Hall–Kier alpha value is -2.19. The van der Waals surface area contributed by atoms with E-state index in [0.717, 1.165) is 28.6 Å². The van der Waals surface area contributed by atoms with Gasteiger partial charge >= 0.3 is 0 Å². The van der Waals surface area contributed by atoms with E-state index in [2.05, 4.69) is 26.6 Å². The number of carbonyl (C=O) groups excluding carboxylic acids is 1. The Morgan fingerprint density at radius 3 is 2.70 bits per heavy atom. The van der Waals surface area contributed by atoms with Gasteiger partial charge < -0.3 is 9.42 Å². The van der Waals surface area contributed by atoms with E-state index in [4.69, 9.17) is 14.4 Å². The van der Waals surface area contributed by atoms with Crippen LogP contribution in [-0.2, 0) is 15.4 Å². The number of benzene rings is 1. The zero-order chi connectivity index (χ0) is 21.5. The molecule has 2 aliphatic rings. The summed E-state index contributed by atoms with van der Waals surface area (Å²) in [6.45, 7) is 8.54. The Balaban J connectivity index is 1.59. The zero-order valence-electron chi connectivity index (χ0n) is 17.7. The van der Waals surface area contributed by atoms with Gasteiger partial charge in [0.05, 0.1) is 11.7 Å². The van der Waals surface area contributed by atoms with Gasteiger partial charge in [-0.3, -0.25) is 4.79 Å². The summed E-state index contributed by atoms with van der Waals surface area (Å²) in [5, 5.41) is 3.98. The number of nitrogens with one attached hydrogen (secondary N) is 1. The number of aromatic nitrogens is 1. The second kappa shape index (κ2) is 8.15. The van der Waals surface area contributed by atoms with Crippen LogP contribution in [0.25, 0.3) is 0 Å². The lowest BCUT2D eigenvalue weighted by molar-refractivity contribution is -0.134. The summed E-state index contributed by atoms with van der Waals surface area (Å²) >= 11 is 3.46. The molecule has 1 saturated heterocycles. The highest BCUT2D eigenvalue weighted by Crippen LogP contribution is 2.35. The molecule has 1 amide bonds. The predicted octanol–water partition coefficient (Wildman–Crippen LogP) is 4.28. The molecule has 160 valence electrons. The third kappa shape index (κ3) is 3.90. The number of rotatable bonds is 5. The summed E-state index contributed by atoms with van der Waals surface area (Å²) in [7, 11) is 0.